The summed E-state index contributed by atoms with van der Waals surface area (Å²) in [7, 11) is -2.87. The van der Waals surface area contributed by atoms with Crippen molar-refractivity contribution in [3.63, 3.8) is 0 Å². The van der Waals surface area contributed by atoms with Gasteiger partial charge in [-0.15, -0.1) is 0 Å². The zero-order valence-electron chi connectivity index (χ0n) is 22.8. The zero-order chi connectivity index (χ0) is 29.4. The van der Waals surface area contributed by atoms with E-state index in [9.17, 15) is 26.8 Å². The number of hydrogen-bond donors (Lipinski definition) is 1. The predicted octanol–water partition coefficient (Wildman–Crippen LogP) is 4.50. The van der Waals surface area contributed by atoms with Gasteiger partial charge in [0.25, 0.3) is 10.0 Å². The maximum atomic E-state index is 13.9. The molecule has 3 rings (SSSR count). The van der Waals surface area contributed by atoms with Crippen molar-refractivity contribution in [1.29, 1.82) is 0 Å². The van der Waals surface area contributed by atoms with E-state index in [-0.39, 0.29) is 29.6 Å². The van der Waals surface area contributed by atoms with Gasteiger partial charge in [0.1, 0.15) is 30.0 Å². The van der Waals surface area contributed by atoms with E-state index in [4.69, 9.17) is 4.74 Å². The van der Waals surface area contributed by atoms with E-state index >= 15 is 0 Å². The highest BCUT2D eigenvalue weighted by Crippen LogP contribution is 2.26. The maximum absolute atomic E-state index is 13.9. The highest BCUT2D eigenvalue weighted by molar-refractivity contribution is 7.92. The number of sulfonamides is 1. The van der Waals surface area contributed by atoms with Crippen LogP contribution in [0.5, 0.6) is 5.75 Å². The zero-order valence-corrected chi connectivity index (χ0v) is 23.6. The molecule has 0 bridgehead atoms. The van der Waals surface area contributed by atoms with Crippen molar-refractivity contribution >= 4 is 27.5 Å². The number of halogens is 2. The molecule has 0 spiro atoms. The third-order valence-corrected chi connectivity index (χ3v) is 7.91. The van der Waals surface area contributed by atoms with Crippen molar-refractivity contribution in [2.75, 3.05) is 18.0 Å². The Labute approximate surface area is 233 Å². The van der Waals surface area contributed by atoms with Crippen LogP contribution in [0.3, 0.4) is 0 Å². The van der Waals surface area contributed by atoms with Crippen molar-refractivity contribution in [1.82, 2.24) is 10.2 Å². The van der Waals surface area contributed by atoms with E-state index in [1.165, 1.54) is 72.7 Å². The lowest BCUT2D eigenvalue weighted by Gasteiger charge is -2.33. The minimum Gasteiger partial charge on any atom is -0.497 e. The summed E-state index contributed by atoms with van der Waals surface area (Å²) in [4.78, 5) is 28.2. The highest BCUT2D eigenvalue weighted by atomic mass is 32.2. The Morgan fingerprint density at radius 1 is 0.900 bits per heavy atom. The number of carbonyl (C=O) groups is 2. The number of ether oxygens (including phenoxy) is 1. The van der Waals surface area contributed by atoms with Crippen LogP contribution in [-0.4, -0.2) is 50.9 Å². The lowest BCUT2D eigenvalue weighted by Crippen LogP contribution is -2.53. The predicted molar refractivity (Wildman–Crippen MR) is 148 cm³/mol. The fourth-order valence-electron chi connectivity index (χ4n) is 4.10. The molecule has 0 aromatic heterocycles. The molecule has 0 fully saturated rings. The van der Waals surface area contributed by atoms with E-state index in [1.807, 2.05) is 0 Å². The summed E-state index contributed by atoms with van der Waals surface area (Å²) >= 11 is 0. The standard InChI is InChI=1S/C29H33F2N3O5S/c1-5-27(29(36)32-20(2)3)33(18-21-6-8-22(30)9-7-21)28(35)19-34(24-12-10-23(31)11-13-24)40(37,38)26-16-14-25(39-4)15-17-26/h6-17,20,27H,5,18-19H2,1-4H3,(H,32,36)/t27-/m1/s1. The van der Waals surface area contributed by atoms with Crippen LogP contribution in [0.25, 0.3) is 0 Å². The number of hydrogen-bond acceptors (Lipinski definition) is 5. The minimum absolute atomic E-state index is 0.0620. The summed E-state index contributed by atoms with van der Waals surface area (Å²) in [5.74, 6) is -1.67. The topological polar surface area (TPSA) is 96.0 Å². The Morgan fingerprint density at radius 3 is 1.95 bits per heavy atom. The summed E-state index contributed by atoms with van der Waals surface area (Å²) < 4.78 is 60.9. The molecule has 0 aliphatic rings. The van der Waals surface area contributed by atoms with Gasteiger partial charge in [0.05, 0.1) is 17.7 Å². The van der Waals surface area contributed by atoms with Crippen LogP contribution in [0.4, 0.5) is 14.5 Å². The normalized spacial score (nSPS) is 12.1. The molecule has 1 atom stereocenters. The number of benzene rings is 3. The molecule has 0 saturated carbocycles. The Hall–Kier alpha value is -3.99. The summed E-state index contributed by atoms with van der Waals surface area (Å²) in [6.07, 6.45) is 0.243. The molecule has 11 heteroatoms. The molecule has 0 aliphatic heterocycles. The van der Waals surface area contributed by atoms with Gasteiger partial charge in [-0.2, -0.15) is 0 Å². The third kappa shape index (κ3) is 7.56. The van der Waals surface area contributed by atoms with Gasteiger partial charge < -0.3 is 15.0 Å². The molecule has 214 valence electrons. The quantitative estimate of drug-likeness (QED) is 0.344. The molecule has 0 aliphatic carbocycles. The monoisotopic (exact) mass is 573 g/mol. The molecule has 0 heterocycles. The second-order valence-electron chi connectivity index (χ2n) is 9.40. The minimum atomic E-state index is -4.31. The smallest absolute Gasteiger partial charge is 0.264 e. The Kier molecular flexibility index (Phi) is 10.2. The van der Waals surface area contributed by atoms with Gasteiger partial charge in [-0.25, -0.2) is 17.2 Å². The molecule has 2 amide bonds. The highest BCUT2D eigenvalue weighted by Gasteiger charge is 2.34. The van der Waals surface area contributed by atoms with E-state index in [0.717, 1.165) is 16.4 Å². The van der Waals surface area contributed by atoms with Crippen molar-refractivity contribution in [3.8, 4) is 5.75 Å². The van der Waals surface area contributed by atoms with Gasteiger partial charge in [0.15, 0.2) is 0 Å². The van der Waals surface area contributed by atoms with Crippen LogP contribution in [0.15, 0.2) is 77.7 Å². The molecular weight excluding hydrogens is 540 g/mol. The molecule has 1 N–H and O–H groups in total. The fourth-order valence-corrected chi connectivity index (χ4v) is 5.51. The first-order valence-electron chi connectivity index (χ1n) is 12.7. The number of methoxy groups -OCH3 is 1. The average molecular weight is 574 g/mol. The second-order valence-corrected chi connectivity index (χ2v) is 11.3. The first-order chi connectivity index (χ1) is 19.0. The van der Waals surface area contributed by atoms with Crippen molar-refractivity contribution < 1.29 is 31.5 Å². The number of carbonyl (C=O) groups excluding carboxylic acids is 2. The van der Waals surface area contributed by atoms with Crippen molar-refractivity contribution in [3.05, 3.63) is 90.0 Å². The number of rotatable bonds is 12. The fraction of sp³-hybridized carbons (Fsp3) is 0.310. The molecular formula is C29H33F2N3O5S. The molecule has 0 unspecified atom stereocenters. The molecule has 40 heavy (non-hydrogen) atoms. The second kappa shape index (κ2) is 13.4. The number of anilines is 1. The summed E-state index contributed by atoms with van der Waals surface area (Å²) in [5, 5.41) is 2.80. The van der Waals surface area contributed by atoms with Crippen LogP contribution in [-0.2, 0) is 26.2 Å². The molecule has 8 nitrogen and oxygen atoms in total. The lowest BCUT2D eigenvalue weighted by atomic mass is 10.1. The van der Waals surface area contributed by atoms with Gasteiger partial charge in [0, 0.05) is 12.6 Å². The molecule has 0 saturated heterocycles. The van der Waals surface area contributed by atoms with Crippen LogP contribution >= 0.6 is 0 Å². The van der Waals surface area contributed by atoms with E-state index in [1.54, 1.807) is 20.8 Å². The van der Waals surface area contributed by atoms with E-state index < -0.39 is 46.1 Å². The Morgan fingerprint density at radius 2 is 1.45 bits per heavy atom. The van der Waals surface area contributed by atoms with Crippen LogP contribution in [0.1, 0.15) is 32.8 Å². The number of amides is 2. The average Bonchev–Trinajstić information content (AvgIpc) is 2.92. The Balaban J connectivity index is 2.05. The first kappa shape index (κ1) is 30.6. The number of nitrogens with zero attached hydrogens (tertiary/aromatic N) is 2. The van der Waals surface area contributed by atoms with Crippen molar-refractivity contribution in [2.45, 2.75) is 50.7 Å². The van der Waals surface area contributed by atoms with Gasteiger partial charge in [0.2, 0.25) is 11.8 Å². The maximum Gasteiger partial charge on any atom is 0.264 e. The van der Waals surface area contributed by atoms with Gasteiger partial charge in [-0.05, 0) is 86.5 Å². The summed E-state index contributed by atoms with van der Waals surface area (Å²) in [6.45, 7) is 4.57. The lowest BCUT2D eigenvalue weighted by molar-refractivity contribution is -0.140. The summed E-state index contributed by atoms with van der Waals surface area (Å²) in [6, 6.07) is 14.7. The largest absolute Gasteiger partial charge is 0.497 e. The first-order valence-corrected chi connectivity index (χ1v) is 14.2. The van der Waals surface area contributed by atoms with Crippen molar-refractivity contribution in [2.24, 2.45) is 0 Å². The van der Waals surface area contributed by atoms with E-state index in [2.05, 4.69) is 5.32 Å². The van der Waals surface area contributed by atoms with Gasteiger partial charge >= 0.3 is 0 Å². The van der Waals surface area contributed by atoms with Crippen LogP contribution in [0.2, 0.25) is 0 Å². The van der Waals surface area contributed by atoms with E-state index in [0.29, 0.717) is 11.3 Å². The molecule has 3 aromatic rings. The van der Waals surface area contributed by atoms with Gasteiger partial charge in [-0.3, -0.25) is 13.9 Å². The summed E-state index contributed by atoms with van der Waals surface area (Å²) in [5.41, 5.74) is 0.615. The Bertz CT molecular complexity index is 1400. The molecule has 3 aromatic carbocycles. The molecule has 0 radical (unpaired) electrons. The SMILES string of the molecule is CC[C@H](C(=O)NC(C)C)N(Cc1ccc(F)cc1)C(=O)CN(c1ccc(F)cc1)S(=O)(=O)c1ccc(OC)cc1. The number of nitrogens with one attached hydrogen (secondary N) is 1. The van der Waals surface area contributed by atoms with Crippen LogP contribution in [0, 0.1) is 11.6 Å². The third-order valence-electron chi connectivity index (χ3n) is 6.12. The van der Waals surface area contributed by atoms with Gasteiger partial charge in [-0.1, -0.05) is 19.1 Å². The van der Waals surface area contributed by atoms with Crippen LogP contribution < -0.4 is 14.4 Å².